The Kier molecular flexibility index (Phi) is 2.15. The van der Waals surface area contributed by atoms with Gasteiger partial charge in [-0.2, -0.15) is 0 Å². The fourth-order valence-electron chi connectivity index (χ4n) is 1.06. The molecular formula is C10H6ClS. The highest BCUT2D eigenvalue weighted by atomic mass is 35.5. The van der Waals surface area contributed by atoms with Crippen LogP contribution in [0.25, 0.3) is 11.1 Å². The van der Waals surface area contributed by atoms with Gasteiger partial charge in [-0.15, -0.1) is 11.3 Å². The molecule has 0 N–H and O–H groups in total. The number of benzene rings is 1. The molecule has 2 aromatic rings. The molecule has 0 atom stereocenters. The Morgan fingerprint density at radius 2 is 1.92 bits per heavy atom. The fourth-order valence-corrected chi connectivity index (χ4v) is 2.07. The Morgan fingerprint density at radius 3 is 2.50 bits per heavy atom. The van der Waals surface area contributed by atoms with Gasteiger partial charge in [0.15, 0.2) is 0 Å². The molecule has 1 heterocycles. The third kappa shape index (κ3) is 1.38. The molecule has 0 aliphatic rings. The molecular weight excluding hydrogens is 188 g/mol. The maximum Gasteiger partial charge on any atom is 0.0679 e. The second-order valence-electron chi connectivity index (χ2n) is 2.43. The van der Waals surface area contributed by atoms with E-state index in [0.717, 1.165) is 11.1 Å². The van der Waals surface area contributed by atoms with Gasteiger partial charge in [0, 0.05) is 10.9 Å². The third-order valence-electron chi connectivity index (χ3n) is 1.65. The van der Waals surface area contributed by atoms with Crippen LogP contribution >= 0.6 is 22.9 Å². The largest absolute Gasteiger partial charge is 0.141 e. The van der Waals surface area contributed by atoms with E-state index in [-0.39, 0.29) is 0 Å². The summed E-state index contributed by atoms with van der Waals surface area (Å²) in [6.45, 7) is 0. The zero-order chi connectivity index (χ0) is 8.39. The SMILES string of the molecule is Clc1[c]scc1-c1ccccc1. The first-order valence-electron chi connectivity index (χ1n) is 3.58. The average Bonchev–Trinajstić information content (AvgIpc) is 2.53. The molecule has 2 heteroatoms. The van der Waals surface area contributed by atoms with Crippen LogP contribution < -0.4 is 0 Å². The zero-order valence-electron chi connectivity index (χ0n) is 6.25. The molecule has 0 amide bonds. The predicted molar refractivity (Wildman–Crippen MR) is 53.6 cm³/mol. The Balaban J connectivity index is 2.51. The van der Waals surface area contributed by atoms with Gasteiger partial charge in [0.2, 0.25) is 0 Å². The molecule has 1 aromatic heterocycles. The van der Waals surface area contributed by atoms with E-state index in [4.69, 9.17) is 11.6 Å². The van der Waals surface area contributed by atoms with E-state index in [2.05, 4.69) is 5.38 Å². The van der Waals surface area contributed by atoms with Crippen LogP contribution in [0.5, 0.6) is 0 Å². The molecule has 1 radical (unpaired) electrons. The summed E-state index contributed by atoms with van der Waals surface area (Å²) in [5.41, 5.74) is 2.22. The maximum absolute atomic E-state index is 5.93. The lowest BCUT2D eigenvalue weighted by Crippen LogP contribution is -1.71. The van der Waals surface area contributed by atoms with Crippen LogP contribution in [0.15, 0.2) is 35.7 Å². The van der Waals surface area contributed by atoms with Gasteiger partial charge in [-0.05, 0) is 5.56 Å². The Bertz CT molecular complexity index is 364. The first-order valence-corrected chi connectivity index (χ1v) is 4.84. The summed E-state index contributed by atoms with van der Waals surface area (Å²) in [6, 6.07) is 10.1. The summed E-state index contributed by atoms with van der Waals surface area (Å²) in [5.74, 6) is 0. The highest BCUT2D eigenvalue weighted by Crippen LogP contribution is 2.30. The quantitative estimate of drug-likeness (QED) is 0.645. The summed E-state index contributed by atoms with van der Waals surface area (Å²) < 4.78 is 0. The van der Waals surface area contributed by atoms with E-state index in [9.17, 15) is 0 Å². The second-order valence-corrected chi connectivity index (χ2v) is 3.48. The van der Waals surface area contributed by atoms with Crippen LogP contribution in [0.3, 0.4) is 0 Å². The minimum absolute atomic E-state index is 0.714. The van der Waals surface area contributed by atoms with Crippen LogP contribution in [0.2, 0.25) is 5.02 Å². The van der Waals surface area contributed by atoms with Crippen molar-refractivity contribution in [2.24, 2.45) is 0 Å². The van der Waals surface area contributed by atoms with Crippen molar-refractivity contribution < 1.29 is 0 Å². The van der Waals surface area contributed by atoms with Gasteiger partial charge < -0.3 is 0 Å². The molecule has 0 bridgehead atoms. The minimum atomic E-state index is 0.714. The van der Waals surface area contributed by atoms with Crippen molar-refractivity contribution in [3.8, 4) is 11.1 Å². The summed E-state index contributed by atoms with van der Waals surface area (Å²) in [4.78, 5) is 0. The van der Waals surface area contributed by atoms with Crippen LogP contribution in [0.4, 0.5) is 0 Å². The van der Waals surface area contributed by atoms with E-state index < -0.39 is 0 Å². The second kappa shape index (κ2) is 3.30. The molecule has 0 aliphatic carbocycles. The smallest absolute Gasteiger partial charge is 0.0679 e. The van der Waals surface area contributed by atoms with Crippen molar-refractivity contribution in [3.05, 3.63) is 46.1 Å². The normalized spacial score (nSPS) is 10.1. The van der Waals surface area contributed by atoms with Crippen LogP contribution in [0.1, 0.15) is 0 Å². The van der Waals surface area contributed by atoms with E-state index in [1.807, 2.05) is 35.7 Å². The third-order valence-corrected chi connectivity index (χ3v) is 2.73. The number of halogens is 1. The summed E-state index contributed by atoms with van der Waals surface area (Å²) in [6.07, 6.45) is 0. The van der Waals surface area contributed by atoms with Gasteiger partial charge in [0.25, 0.3) is 0 Å². The van der Waals surface area contributed by atoms with E-state index in [1.54, 1.807) is 0 Å². The molecule has 0 spiro atoms. The van der Waals surface area contributed by atoms with Crippen LogP contribution in [-0.2, 0) is 0 Å². The van der Waals surface area contributed by atoms with Crippen LogP contribution in [0, 0.1) is 5.38 Å². The highest BCUT2D eigenvalue weighted by Gasteiger charge is 2.02. The number of thiophene rings is 1. The van der Waals surface area contributed by atoms with Gasteiger partial charge >= 0.3 is 0 Å². The zero-order valence-corrected chi connectivity index (χ0v) is 7.82. The number of hydrogen-bond donors (Lipinski definition) is 0. The van der Waals surface area contributed by atoms with Gasteiger partial charge in [0.1, 0.15) is 0 Å². The monoisotopic (exact) mass is 193 g/mol. The van der Waals surface area contributed by atoms with Crippen molar-refractivity contribution in [1.82, 2.24) is 0 Å². The van der Waals surface area contributed by atoms with Crippen molar-refractivity contribution in [2.45, 2.75) is 0 Å². The fraction of sp³-hybridized carbons (Fsp3) is 0. The van der Waals surface area contributed by atoms with Crippen molar-refractivity contribution in [1.29, 1.82) is 0 Å². The van der Waals surface area contributed by atoms with E-state index in [1.165, 1.54) is 11.3 Å². The van der Waals surface area contributed by atoms with Gasteiger partial charge in [-0.25, -0.2) is 0 Å². The molecule has 0 fully saturated rings. The number of rotatable bonds is 1. The molecule has 0 nitrogen and oxygen atoms in total. The van der Waals surface area contributed by atoms with Gasteiger partial charge in [0.05, 0.1) is 10.4 Å². The molecule has 2 rings (SSSR count). The van der Waals surface area contributed by atoms with Crippen molar-refractivity contribution in [2.75, 3.05) is 0 Å². The molecule has 1 aromatic carbocycles. The van der Waals surface area contributed by atoms with Gasteiger partial charge in [-0.3, -0.25) is 0 Å². The summed E-state index contributed by atoms with van der Waals surface area (Å²) in [5, 5.41) is 5.70. The molecule has 0 saturated heterocycles. The molecule has 0 aliphatic heterocycles. The van der Waals surface area contributed by atoms with E-state index >= 15 is 0 Å². The predicted octanol–water partition coefficient (Wildman–Crippen LogP) is 3.87. The molecule has 0 unspecified atom stereocenters. The average molecular weight is 194 g/mol. The van der Waals surface area contributed by atoms with E-state index in [0.29, 0.717) is 5.02 Å². The number of hydrogen-bond acceptors (Lipinski definition) is 1. The van der Waals surface area contributed by atoms with Gasteiger partial charge in [-0.1, -0.05) is 41.9 Å². The minimum Gasteiger partial charge on any atom is -0.141 e. The van der Waals surface area contributed by atoms with Crippen LogP contribution in [-0.4, -0.2) is 0 Å². The standard InChI is InChI=1S/C10H6ClS/c11-10-7-12-6-9(10)8-4-2-1-3-5-8/h1-6H. The highest BCUT2D eigenvalue weighted by molar-refractivity contribution is 7.08. The summed E-state index contributed by atoms with van der Waals surface area (Å²) >= 11 is 7.43. The lowest BCUT2D eigenvalue weighted by molar-refractivity contribution is 1.68. The lowest BCUT2D eigenvalue weighted by Gasteiger charge is -1.96. The van der Waals surface area contributed by atoms with Crippen molar-refractivity contribution >= 4 is 22.9 Å². The molecule has 12 heavy (non-hydrogen) atoms. The topological polar surface area (TPSA) is 0 Å². The Morgan fingerprint density at radius 1 is 1.17 bits per heavy atom. The first-order chi connectivity index (χ1) is 5.88. The Hall–Kier alpha value is -0.790. The molecule has 59 valence electrons. The van der Waals surface area contributed by atoms with Crippen molar-refractivity contribution in [3.63, 3.8) is 0 Å². The maximum atomic E-state index is 5.93. The Labute approximate surface area is 80.4 Å². The lowest BCUT2D eigenvalue weighted by atomic mass is 10.1. The first kappa shape index (κ1) is 7.84. The summed E-state index contributed by atoms with van der Waals surface area (Å²) in [7, 11) is 0. The molecule has 0 saturated carbocycles.